The third-order valence-electron chi connectivity index (χ3n) is 6.34. The van der Waals surface area contributed by atoms with Gasteiger partial charge in [-0.1, -0.05) is 108 Å². The van der Waals surface area contributed by atoms with Crippen molar-refractivity contribution in [3.8, 4) is 0 Å². The highest BCUT2D eigenvalue weighted by Crippen LogP contribution is 2.29. The summed E-state index contributed by atoms with van der Waals surface area (Å²) in [5, 5.41) is 5.48. The van der Waals surface area contributed by atoms with Crippen LogP contribution in [0.4, 0.5) is 5.69 Å². The summed E-state index contributed by atoms with van der Waals surface area (Å²) in [5.74, 6) is -0.209. The van der Waals surface area contributed by atoms with Gasteiger partial charge < -0.3 is 0 Å². The number of benzene rings is 1. The summed E-state index contributed by atoms with van der Waals surface area (Å²) >= 11 is 5.85. The molecule has 0 saturated heterocycles. The first-order valence-corrected chi connectivity index (χ1v) is 14.8. The number of anilines is 1. The van der Waals surface area contributed by atoms with Crippen LogP contribution in [0.3, 0.4) is 0 Å². The van der Waals surface area contributed by atoms with Crippen molar-refractivity contribution in [1.29, 1.82) is 0 Å². The summed E-state index contributed by atoms with van der Waals surface area (Å²) in [6, 6.07) is 4.04. The van der Waals surface area contributed by atoms with Crippen molar-refractivity contribution in [1.82, 2.24) is 0 Å². The minimum absolute atomic E-state index is 0.0973. The Morgan fingerprint density at radius 3 is 1.88 bits per heavy atom. The van der Waals surface area contributed by atoms with Gasteiger partial charge in [-0.25, -0.2) is 5.01 Å². The van der Waals surface area contributed by atoms with Gasteiger partial charge in [0, 0.05) is 5.71 Å². The molecule has 1 aromatic rings. The van der Waals surface area contributed by atoms with Crippen molar-refractivity contribution in [2.45, 2.75) is 121 Å². The number of nitrogens with zero attached hydrogens (tertiary/aromatic N) is 2. The average molecular weight is 513 g/mol. The number of carbonyl (C=O) groups excluding carboxylic acids is 1. The van der Waals surface area contributed by atoms with Crippen LogP contribution in [0.5, 0.6) is 0 Å². The fourth-order valence-corrected chi connectivity index (χ4v) is 5.34. The van der Waals surface area contributed by atoms with Crippen LogP contribution in [-0.2, 0) is 14.9 Å². The predicted octanol–water partition coefficient (Wildman–Crippen LogP) is 7.94. The predicted molar refractivity (Wildman–Crippen MR) is 140 cm³/mol. The first-order chi connectivity index (χ1) is 16.3. The average Bonchev–Trinajstić information content (AvgIpc) is 3.16. The number of carbonyl (C=O) groups is 1. The summed E-state index contributed by atoms with van der Waals surface area (Å²) in [4.78, 5) is 11.9. The monoisotopic (exact) mass is 512 g/mol. The number of amides is 1. The van der Waals surface area contributed by atoms with Crippen molar-refractivity contribution in [2.75, 3.05) is 5.01 Å². The van der Waals surface area contributed by atoms with Gasteiger partial charge in [0.2, 0.25) is 0 Å². The van der Waals surface area contributed by atoms with Crippen LogP contribution in [0, 0.1) is 0 Å². The van der Waals surface area contributed by atoms with E-state index >= 15 is 0 Å². The zero-order chi connectivity index (χ0) is 24.8. The maximum Gasteiger partial charge on any atom is 0.296 e. The van der Waals surface area contributed by atoms with Gasteiger partial charge in [-0.05, 0) is 31.0 Å². The summed E-state index contributed by atoms with van der Waals surface area (Å²) in [6.45, 7) is 2.26. The molecule has 0 saturated carbocycles. The Bertz CT molecular complexity index is 902. The number of unbranched alkanes of at least 4 members (excludes halogenated alkanes) is 14. The number of hydrogen-bond donors (Lipinski definition) is 1. The molecule has 1 N–H and O–H groups in total. The Hall–Kier alpha value is -1.44. The first kappa shape index (κ1) is 28.8. The molecule has 1 amide bonds. The molecule has 1 heterocycles. The number of halogens is 1. The van der Waals surface area contributed by atoms with Crippen LogP contribution in [-0.4, -0.2) is 24.6 Å². The summed E-state index contributed by atoms with van der Waals surface area (Å²) in [5.41, 5.74) is 1.09. The molecule has 6 nitrogen and oxygen atoms in total. The van der Waals surface area contributed by atoms with Gasteiger partial charge in [-0.2, -0.15) is 13.5 Å². The fraction of sp³-hybridized carbons (Fsp3) is 0.692. The van der Waals surface area contributed by atoms with Gasteiger partial charge in [-0.15, -0.1) is 0 Å². The quantitative estimate of drug-likeness (QED) is 0.160. The largest absolute Gasteiger partial charge is 0.296 e. The first-order valence-electron chi connectivity index (χ1n) is 13.0. The smallest absolute Gasteiger partial charge is 0.282 e. The molecule has 0 aromatic heterocycles. The Morgan fingerprint density at radius 1 is 0.882 bits per heavy atom. The summed E-state index contributed by atoms with van der Waals surface area (Å²) in [6.07, 6.45) is 20.6. The molecule has 1 aliphatic rings. The van der Waals surface area contributed by atoms with Crippen molar-refractivity contribution < 1.29 is 17.8 Å². The van der Waals surface area contributed by atoms with Gasteiger partial charge in [0.05, 0.1) is 17.1 Å². The van der Waals surface area contributed by atoms with E-state index in [1.54, 1.807) is 0 Å². The van der Waals surface area contributed by atoms with E-state index in [9.17, 15) is 17.8 Å². The van der Waals surface area contributed by atoms with E-state index in [0.29, 0.717) is 0 Å². The molecule has 0 unspecified atom stereocenters. The van der Waals surface area contributed by atoms with Crippen molar-refractivity contribution in [3.63, 3.8) is 0 Å². The second-order valence-electron chi connectivity index (χ2n) is 9.34. The molecule has 0 atom stereocenters. The van der Waals surface area contributed by atoms with Crippen molar-refractivity contribution >= 4 is 39.0 Å². The van der Waals surface area contributed by atoms with Crippen LogP contribution >= 0.6 is 11.6 Å². The topological polar surface area (TPSA) is 87.0 Å². The van der Waals surface area contributed by atoms with Crippen LogP contribution in [0.25, 0.3) is 0 Å². The van der Waals surface area contributed by atoms with Gasteiger partial charge >= 0.3 is 0 Å². The van der Waals surface area contributed by atoms with E-state index in [1.165, 1.54) is 107 Å². The molecule has 34 heavy (non-hydrogen) atoms. The third kappa shape index (κ3) is 10.4. The van der Waals surface area contributed by atoms with Gasteiger partial charge in [0.15, 0.2) is 0 Å². The normalized spacial score (nSPS) is 14.1. The molecule has 1 aliphatic heterocycles. The van der Waals surface area contributed by atoms with Crippen molar-refractivity contribution in [3.05, 3.63) is 23.2 Å². The van der Waals surface area contributed by atoms with E-state index in [-0.39, 0.29) is 23.0 Å². The highest BCUT2D eigenvalue weighted by molar-refractivity contribution is 7.86. The number of hydrogen-bond acceptors (Lipinski definition) is 4. The molecule has 192 valence electrons. The van der Waals surface area contributed by atoms with E-state index in [4.69, 9.17) is 11.6 Å². The summed E-state index contributed by atoms with van der Waals surface area (Å²) < 4.78 is 32.2. The van der Waals surface area contributed by atoms with E-state index in [0.717, 1.165) is 25.0 Å². The fourth-order valence-electron chi connectivity index (χ4n) is 4.34. The lowest BCUT2D eigenvalue weighted by atomic mass is 10.0. The Balaban J connectivity index is 1.57. The van der Waals surface area contributed by atoms with Gasteiger partial charge in [-0.3, -0.25) is 9.35 Å². The SMILES string of the molecule is CCCCCCCCCCCCCCCCCC1=NN(c2ccc(Cl)c(S(=O)(=O)O)c2)C(=O)C1. The lowest BCUT2D eigenvalue weighted by Crippen LogP contribution is -2.19. The van der Waals surface area contributed by atoms with Gasteiger partial charge in [0.1, 0.15) is 4.90 Å². The lowest BCUT2D eigenvalue weighted by Gasteiger charge is -2.13. The molecular formula is C26H41ClN2O4S. The molecular weight excluding hydrogens is 472 g/mol. The Kier molecular flexibility index (Phi) is 13.2. The molecule has 2 rings (SSSR count). The van der Waals surface area contributed by atoms with E-state index in [1.807, 2.05) is 0 Å². The number of hydrazone groups is 1. The second kappa shape index (κ2) is 15.5. The molecule has 0 spiro atoms. The van der Waals surface area contributed by atoms with Crippen LogP contribution in [0.2, 0.25) is 5.02 Å². The zero-order valence-corrected chi connectivity index (χ0v) is 22.2. The second-order valence-corrected chi connectivity index (χ2v) is 11.1. The van der Waals surface area contributed by atoms with Crippen LogP contribution in [0.15, 0.2) is 28.2 Å². The maximum absolute atomic E-state index is 12.4. The van der Waals surface area contributed by atoms with E-state index < -0.39 is 15.0 Å². The minimum Gasteiger partial charge on any atom is -0.282 e. The van der Waals surface area contributed by atoms with Crippen LogP contribution in [0.1, 0.15) is 116 Å². The molecule has 0 aliphatic carbocycles. The zero-order valence-electron chi connectivity index (χ0n) is 20.6. The standard InChI is InChI=1S/C26H41ClN2O4S/c1-2-3-4-5-6-7-8-9-10-11-12-13-14-15-16-17-22-20-26(30)29(28-22)23-18-19-24(27)25(21-23)34(31,32)33/h18-19,21H,2-17,20H2,1H3,(H,31,32,33). The molecule has 0 fully saturated rings. The van der Waals surface area contributed by atoms with Gasteiger partial charge in [0.25, 0.3) is 16.0 Å². The molecule has 8 heteroatoms. The highest BCUT2D eigenvalue weighted by Gasteiger charge is 2.26. The Morgan fingerprint density at radius 2 is 1.38 bits per heavy atom. The maximum atomic E-state index is 12.4. The molecule has 1 aromatic carbocycles. The lowest BCUT2D eigenvalue weighted by molar-refractivity contribution is -0.116. The summed E-state index contributed by atoms with van der Waals surface area (Å²) in [7, 11) is -4.47. The highest BCUT2D eigenvalue weighted by atomic mass is 35.5. The minimum atomic E-state index is -4.47. The van der Waals surface area contributed by atoms with Crippen molar-refractivity contribution in [2.24, 2.45) is 5.10 Å². The van der Waals surface area contributed by atoms with Crippen LogP contribution < -0.4 is 5.01 Å². The Labute approximate surface area is 210 Å². The molecule has 0 radical (unpaired) electrons. The van der Waals surface area contributed by atoms with E-state index in [2.05, 4.69) is 12.0 Å². The molecule has 0 bridgehead atoms. The third-order valence-corrected chi connectivity index (χ3v) is 7.67. The number of rotatable bonds is 18.